The lowest BCUT2D eigenvalue weighted by atomic mass is 9.91. The molecule has 0 unspecified atom stereocenters. The Kier molecular flexibility index (Phi) is 4.61. The predicted molar refractivity (Wildman–Crippen MR) is 90.9 cm³/mol. The fourth-order valence-corrected chi connectivity index (χ4v) is 3.76. The maximum absolute atomic E-state index is 6.03. The lowest BCUT2D eigenvalue weighted by Crippen LogP contribution is -2.14. The summed E-state index contributed by atoms with van der Waals surface area (Å²) in [7, 11) is 0. The van der Waals surface area contributed by atoms with Crippen LogP contribution in [0.3, 0.4) is 0 Å². The van der Waals surface area contributed by atoms with Gasteiger partial charge in [-0.3, -0.25) is 0 Å². The van der Waals surface area contributed by atoms with Crippen LogP contribution in [-0.2, 0) is 9.47 Å². The largest absolute Gasteiger partial charge is 0.366 e. The van der Waals surface area contributed by atoms with Crippen molar-refractivity contribution in [1.82, 2.24) is 0 Å². The summed E-state index contributed by atoms with van der Waals surface area (Å²) < 4.78 is 12.0. The van der Waals surface area contributed by atoms with E-state index >= 15 is 0 Å². The first-order chi connectivity index (χ1) is 10.5. The maximum atomic E-state index is 6.03. The van der Waals surface area contributed by atoms with E-state index in [0.717, 1.165) is 32.3 Å². The molecule has 0 bridgehead atoms. The fourth-order valence-electron chi connectivity index (χ4n) is 3.76. The van der Waals surface area contributed by atoms with Crippen LogP contribution in [0, 0.1) is 0 Å². The second-order valence-corrected chi connectivity index (χ2v) is 7.60. The predicted octanol–water partition coefficient (Wildman–Crippen LogP) is 5.11. The highest BCUT2D eigenvalue weighted by molar-refractivity contribution is 5.28. The Balaban J connectivity index is 1.78. The van der Waals surface area contributed by atoms with Crippen molar-refractivity contribution >= 4 is 0 Å². The van der Waals surface area contributed by atoms with Crippen molar-refractivity contribution in [1.29, 1.82) is 0 Å². The Labute approximate surface area is 135 Å². The average molecular weight is 302 g/mol. The number of fused-ring (bicyclic) bond motifs is 2. The molecule has 0 radical (unpaired) electrons. The number of rotatable bonds is 0. The number of allylic oxidation sites excluding steroid dienone is 3. The molecular weight excluding hydrogens is 272 g/mol. The molecule has 0 saturated carbocycles. The van der Waals surface area contributed by atoms with E-state index in [9.17, 15) is 0 Å². The molecule has 0 aromatic heterocycles. The van der Waals surface area contributed by atoms with Gasteiger partial charge in [-0.2, -0.15) is 0 Å². The summed E-state index contributed by atoms with van der Waals surface area (Å²) in [4.78, 5) is 0. The standard InChI is InChI=1S/C20H30O2/c1-14-6-5-7-15(2)12-18-17(16(3)13-21-18)10-11-20(4)19(22-20)9-8-14/h6,12,18-19H,5,7-11,13H2,1-4H3/b14-6+,15-12+/t18-,19+,20+/m1/s1. The summed E-state index contributed by atoms with van der Waals surface area (Å²) in [5, 5.41) is 0. The van der Waals surface area contributed by atoms with Crippen LogP contribution < -0.4 is 0 Å². The molecule has 122 valence electrons. The summed E-state index contributed by atoms with van der Waals surface area (Å²) in [5.74, 6) is 0. The third-order valence-corrected chi connectivity index (χ3v) is 5.57. The van der Waals surface area contributed by atoms with E-state index < -0.39 is 0 Å². The topological polar surface area (TPSA) is 21.8 Å². The average Bonchev–Trinajstić information content (AvgIpc) is 2.99. The highest BCUT2D eigenvalue weighted by Crippen LogP contribution is 2.45. The number of epoxide rings is 1. The van der Waals surface area contributed by atoms with E-state index in [2.05, 4.69) is 39.8 Å². The lowest BCUT2D eigenvalue weighted by molar-refractivity contribution is 0.150. The lowest BCUT2D eigenvalue weighted by Gasteiger charge is -2.15. The second kappa shape index (κ2) is 6.33. The molecule has 1 saturated heterocycles. The Morgan fingerprint density at radius 1 is 1.09 bits per heavy atom. The van der Waals surface area contributed by atoms with Crippen LogP contribution in [0.4, 0.5) is 0 Å². The fraction of sp³-hybridized carbons (Fsp3) is 0.700. The molecule has 22 heavy (non-hydrogen) atoms. The number of ether oxygens (including phenoxy) is 2. The van der Waals surface area contributed by atoms with Crippen molar-refractivity contribution in [3.63, 3.8) is 0 Å². The van der Waals surface area contributed by atoms with Crippen LogP contribution in [0.5, 0.6) is 0 Å². The molecule has 0 N–H and O–H groups in total. The van der Waals surface area contributed by atoms with E-state index in [0.29, 0.717) is 6.10 Å². The van der Waals surface area contributed by atoms with Gasteiger partial charge in [-0.05, 0) is 77.4 Å². The molecule has 2 aliphatic heterocycles. The summed E-state index contributed by atoms with van der Waals surface area (Å²) in [6, 6.07) is 0. The van der Waals surface area contributed by atoms with Crippen molar-refractivity contribution in [3.05, 3.63) is 34.4 Å². The Morgan fingerprint density at radius 2 is 1.91 bits per heavy atom. The molecule has 2 heterocycles. The first-order valence-electron chi connectivity index (χ1n) is 8.79. The molecular formula is C20H30O2. The van der Waals surface area contributed by atoms with Gasteiger partial charge in [0.1, 0.15) is 0 Å². The number of hydrogen-bond donors (Lipinski definition) is 0. The Hall–Kier alpha value is -0.860. The summed E-state index contributed by atoms with van der Waals surface area (Å²) >= 11 is 0. The monoisotopic (exact) mass is 302 g/mol. The summed E-state index contributed by atoms with van der Waals surface area (Å²) in [6.45, 7) is 9.80. The maximum Gasteiger partial charge on any atom is 0.0977 e. The molecule has 2 heteroatoms. The van der Waals surface area contributed by atoms with Gasteiger partial charge in [0, 0.05) is 0 Å². The van der Waals surface area contributed by atoms with Crippen molar-refractivity contribution in [2.75, 3.05) is 6.61 Å². The van der Waals surface area contributed by atoms with E-state index in [1.807, 2.05) is 0 Å². The molecule has 0 aromatic rings. The van der Waals surface area contributed by atoms with Gasteiger partial charge in [0.15, 0.2) is 0 Å². The van der Waals surface area contributed by atoms with Gasteiger partial charge in [0.25, 0.3) is 0 Å². The van der Waals surface area contributed by atoms with Crippen molar-refractivity contribution < 1.29 is 9.47 Å². The zero-order chi connectivity index (χ0) is 15.7. The minimum absolute atomic E-state index is 0.101. The zero-order valence-corrected chi connectivity index (χ0v) is 14.6. The summed E-state index contributed by atoms with van der Waals surface area (Å²) in [5.41, 5.74) is 5.99. The van der Waals surface area contributed by atoms with Gasteiger partial charge in [0.2, 0.25) is 0 Å². The third kappa shape index (κ3) is 3.55. The SMILES string of the molecule is CC1=C2CC[C@]3(C)O[C@H]3CC/C(C)=C/CC/C(C)=C/[C@H]2OC1. The molecule has 0 aromatic carbocycles. The second-order valence-electron chi connectivity index (χ2n) is 7.60. The molecule has 1 aliphatic carbocycles. The summed E-state index contributed by atoms with van der Waals surface area (Å²) in [6.07, 6.45) is 12.3. The zero-order valence-electron chi connectivity index (χ0n) is 14.6. The molecule has 1 fully saturated rings. The van der Waals surface area contributed by atoms with Gasteiger partial charge in [-0.1, -0.05) is 23.3 Å². The minimum Gasteiger partial charge on any atom is -0.366 e. The smallest absolute Gasteiger partial charge is 0.0977 e. The molecule has 3 rings (SSSR count). The molecule has 3 aliphatic rings. The number of hydrogen-bond acceptors (Lipinski definition) is 2. The van der Waals surface area contributed by atoms with Crippen LogP contribution in [0.25, 0.3) is 0 Å². The van der Waals surface area contributed by atoms with Gasteiger partial charge in [0.05, 0.1) is 24.4 Å². The van der Waals surface area contributed by atoms with Gasteiger partial charge < -0.3 is 9.47 Å². The Morgan fingerprint density at radius 3 is 2.73 bits per heavy atom. The molecule has 2 nitrogen and oxygen atoms in total. The van der Waals surface area contributed by atoms with Crippen LogP contribution in [0.2, 0.25) is 0 Å². The van der Waals surface area contributed by atoms with Gasteiger partial charge in [-0.15, -0.1) is 0 Å². The first-order valence-corrected chi connectivity index (χ1v) is 8.79. The third-order valence-electron chi connectivity index (χ3n) is 5.57. The van der Waals surface area contributed by atoms with E-state index in [1.54, 1.807) is 0 Å². The van der Waals surface area contributed by atoms with E-state index in [4.69, 9.17) is 9.47 Å². The first kappa shape index (κ1) is 16.0. The van der Waals surface area contributed by atoms with Crippen LogP contribution in [0.15, 0.2) is 34.4 Å². The van der Waals surface area contributed by atoms with Crippen LogP contribution in [0.1, 0.15) is 66.2 Å². The quantitative estimate of drug-likeness (QED) is 0.458. The van der Waals surface area contributed by atoms with E-state index in [1.165, 1.54) is 35.1 Å². The minimum atomic E-state index is 0.101. The van der Waals surface area contributed by atoms with Crippen LogP contribution >= 0.6 is 0 Å². The van der Waals surface area contributed by atoms with Gasteiger partial charge in [-0.25, -0.2) is 0 Å². The normalized spacial score (nSPS) is 41.6. The highest BCUT2D eigenvalue weighted by atomic mass is 16.6. The van der Waals surface area contributed by atoms with E-state index in [-0.39, 0.29) is 11.7 Å². The van der Waals surface area contributed by atoms with Gasteiger partial charge >= 0.3 is 0 Å². The van der Waals surface area contributed by atoms with Crippen molar-refractivity contribution in [3.8, 4) is 0 Å². The Bertz CT molecular complexity index is 526. The molecule has 3 atom stereocenters. The van der Waals surface area contributed by atoms with Crippen molar-refractivity contribution in [2.45, 2.75) is 84.0 Å². The van der Waals surface area contributed by atoms with Crippen molar-refractivity contribution in [2.24, 2.45) is 0 Å². The highest BCUT2D eigenvalue weighted by Gasteiger charge is 2.51. The molecule has 0 amide bonds. The van der Waals surface area contributed by atoms with Crippen LogP contribution in [-0.4, -0.2) is 24.4 Å². The molecule has 0 spiro atoms.